The van der Waals surface area contributed by atoms with E-state index in [0.717, 1.165) is 27.2 Å². The lowest BCUT2D eigenvalue weighted by atomic mass is 10.2. The van der Waals surface area contributed by atoms with Gasteiger partial charge in [0.05, 0.1) is 0 Å². The van der Waals surface area contributed by atoms with E-state index < -0.39 is 0 Å². The Morgan fingerprint density at radius 2 is 1.82 bits per heavy atom. The van der Waals surface area contributed by atoms with Gasteiger partial charge in [-0.1, -0.05) is 15.9 Å². The number of nitrogen functional groups attached to an aromatic ring is 1. The molecule has 0 unspecified atom stereocenters. The zero-order valence-corrected chi connectivity index (χ0v) is 10.4. The van der Waals surface area contributed by atoms with Crippen LogP contribution in [0.3, 0.4) is 0 Å². The van der Waals surface area contributed by atoms with Crippen LogP contribution in [0.1, 0.15) is 0 Å². The van der Waals surface area contributed by atoms with E-state index in [1.165, 1.54) is 0 Å². The Bertz CT molecular complexity index is 673. The molecule has 2 aromatic heterocycles. The summed E-state index contributed by atoms with van der Waals surface area (Å²) >= 11 is 3.41. The van der Waals surface area contributed by atoms with Crippen LogP contribution in [0.15, 0.2) is 47.1 Å². The standard InChI is InChI=1S/C12H9BrN4/c13-9-5-6-17-11(7-9)15-16-12(17)8-1-3-10(14)4-2-8/h1-7H,14H2. The highest BCUT2D eigenvalue weighted by Crippen LogP contribution is 2.21. The zero-order valence-electron chi connectivity index (χ0n) is 8.84. The number of aromatic nitrogens is 3. The molecular formula is C12H9BrN4. The Morgan fingerprint density at radius 1 is 1.06 bits per heavy atom. The van der Waals surface area contributed by atoms with E-state index in [0.29, 0.717) is 0 Å². The highest BCUT2D eigenvalue weighted by molar-refractivity contribution is 9.10. The summed E-state index contributed by atoms with van der Waals surface area (Å²) in [6.07, 6.45) is 1.94. The third kappa shape index (κ3) is 1.78. The lowest BCUT2D eigenvalue weighted by Gasteiger charge is -2.00. The number of nitrogens with zero attached hydrogens (tertiary/aromatic N) is 3. The average Bonchev–Trinajstić information content (AvgIpc) is 2.73. The fraction of sp³-hybridized carbons (Fsp3) is 0. The van der Waals surface area contributed by atoms with Gasteiger partial charge in [0.15, 0.2) is 11.5 Å². The van der Waals surface area contributed by atoms with Gasteiger partial charge < -0.3 is 5.73 Å². The second-order valence-corrected chi connectivity index (χ2v) is 4.63. The molecule has 17 heavy (non-hydrogen) atoms. The van der Waals surface area contributed by atoms with Gasteiger partial charge in [-0.3, -0.25) is 4.40 Å². The molecule has 0 fully saturated rings. The lowest BCUT2D eigenvalue weighted by Crippen LogP contribution is -1.90. The van der Waals surface area contributed by atoms with E-state index in [1.54, 1.807) is 0 Å². The lowest BCUT2D eigenvalue weighted by molar-refractivity contribution is 1.11. The fourth-order valence-electron chi connectivity index (χ4n) is 1.70. The van der Waals surface area contributed by atoms with Gasteiger partial charge in [-0.2, -0.15) is 0 Å². The molecule has 0 atom stereocenters. The molecule has 5 heteroatoms. The quantitative estimate of drug-likeness (QED) is 0.701. The van der Waals surface area contributed by atoms with Crippen LogP contribution in [0.4, 0.5) is 5.69 Å². The first-order valence-corrected chi connectivity index (χ1v) is 5.89. The minimum Gasteiger partial charge on any atom is -0.399 e. The van der Waals surface area contributed by atoms with Crippen molar-refractivity contribution in [2.75, 3.05) is 5.73 Å². The van der Waals surface area contributed by atoms with Crippen LogP contribution in [0.5, 0.6) is 0 Å². The van der Waals surface area contributed by atoms with Crippen molar-refractivity contribution in [1.82, 2.24) is 14.6 Å². The van der Waals surface area contributed by atoms with E-state index in [1.807, 2.05) is 47.0 Å². The molecule has 1 aromatic carbocycles. The fourth-order valence-corrected chi connectivity index (χ4v) is 2.02. The summed E-state index contributed by atoms with van der Waals surface area (Å²) in [6, 6.07) is 11.5. The molecule has 0 aliphatic rings. The van der Waals surface area contributed by atoms with Gasteiger partial charge in [0, 0.05) is 21.9 Å². The number of halogens is 1. The molecule has 0 saturated heterocycles. The Hall–Kier alpha value is -1.88. The Kier molecular flexibility index (Phi) is 2.33. The molecule has 3 rings (SSSR count). The highest BCUT2D eigenvalue weighted by Gasteiger charge is 2.07. The molecule has 4 nitrogen and oxygen atoms in total. The van der Waals surface area contributed by atoms with Crippen molar-refractivity contribution in [3.63, 3.8) is 0 Å². The first kappa shape index (κ1) is 10.3. The molecule has 0 saturated carbocycles. The van der Waals surface area contributed by atoms with Gasteiger partial charge in [0.25, 0.3) is 0 Å². The van der Waals surface area contributed by atoms with Gasteiger partial charge in [0.2, 0.25) is 0 Å². The maximum absolute atomic E-state index is 5.66. The predicted octanol–water partition coefficient (Wildman–Crippen LogP) is 2.74. The molecule has 2 N–H and O–H groups in total. The summed E-state index contributed by atoms with van der Waals surface area (Å²) < 4.78 is 2.93. The summed E-state index contributed by atoms with van der Waals surface area (Å²) in [6.45, 7) is 0. The molecule has 0 aliphatic heterocycles. The number of hydrogen-bond acceptors (Lipinski definition) is 3. The number of nitrogens with two attached hydrogens (primary N) is 1. The minimum absolute atomic E-state index is 0.741. The maximum Gasteiger partial charge on any atom is 0.168 e. The van der Waals surface area contributed by atoms with Crippen molar-refractivity contribution < 1.29 is 0 Å². The smallest absolute Gasteiger partial charge is 0.168 e. The summed E-state index contributed by atoms with van der Waals surface area (Å²) in [5.74, 6) is 0.813. The van der Waals surface area contributed by atoms with E-state index >= 15 is 0 Å². The van der Waals surface area contributed by atoms with Gasteiger partial charge >= 0.3 is 0 Å². The van der Waals surface area contributed by atoms with Crippen LogP contribution < -0.4 is 5.73 Å². The highest BCUT2D eigenvalue weighted by atomic mass is 79.9. The van der Waals surface area contributed by atoms with Gasteiger partial charge in [-0.05, 0) is 36.4 Å². The van der Waals surface area contributed by atoms with Gasteiger partial charge in [-0.25, -0.2) is 0 Å². The van der Waals surface area contributed by atoms with E-state index in [9.17, 15) is 0 Å². The van der Waals surface area contributed by atoms with Crippen LogP contribution in [-0.2, 0) is 0 Å². The number of pyridine rings is 1. The van der Waals surface area contributed by atoms with Crippen molar-refractivity contribution in [3.05, 3.63) is 47.1 Å². The largest absolute Gasteiger partial charge is 0.399 e. The second kappa shape index (κ2) is 3.85. The van der Waals surface area contributed by atoms with Gasteiger partial charge in [-0.15, -0.1) is 10.2 Å². The summed E-state index contributed by atoms with van der Waals surface area (Å²) in [7, 11) is 0. The van der Waals surface area contributed by atoms with Crippen molar-refractivity contribution in [1.29, 1.82) is 0 Å². The predicted molar refractivity (Wildman–Crippen MR) is 70.5 cm³/mol. The molecule has 0 radical (unpaired) electrons. The molecule has 0 spiro atoms. The number of benzene rings is 1. The summed E-state index contributed by atoms with van der Waals surface area (Å²) in [4.78, 5) is 0. The van der Waals surface area contributed by atoms with E-state index in [4.69, 9.17) is 5.73 Å². The molecular weight excluding hydrogens is 280 g/mol. The van der Waals surface area contributed by atoms with Crippen molar-refractivity contribution in [2.24, 2.45) is 0 Å². The monoisotopic (exact) mass is 288 g/mol. The SMILES string of the molecule is Nc1ccc(-c2nnc3cc(Br)ccn23)cc1. The molecule has 0 bridgehead atoms. The zero-order chi connectivity index (χ0) is 11.8. The second-order valence-electron chi connectivity index (χ2n) is 3.72. The molecule has 84 valence electrons. The van der Waals surface area contributed by atoms with E-state index in [-0.39, 0.29) is 0 Å². The molecule has 2 heterocycles. The first-order chi connectivity index (χ1) is 8.24. The van der Waals surface area contributed by atoms with Crippen molar-refractivity contribution in [3.8, 4) is 11.4 Å². The van der Waals surface area contributed by atoms with Gasteiger partial charge in [0.1, 0.15) is 0 Å². The van der Waals surface area contributed by atoms with Crippen molar-refractivity contribution >= 4 is 27.3 Å². The van der Waals surface area contributed by atoms with E-state index in [2.05, 4.69) is 26.1 Å². The molecule has 0 aliphatic carbocycles. The van der Waals surface area contributed by atoms with Crippen LogP contribution in [-0.4, -0.2) is 14.6 Å². The third-order valence-corrected chi connectivity index (χ3v) is 3.03. The topological polar surface area (TPSA) is 56.2 Å². The average molecular weight is 289 g/mol. The Balaban J connectivity index is 2.21. The summed E-state index contributed by atoms with van der Waals surface area (Å²) in [5, 5.41) is 8.32. The Labute approximate surface area is 106 Å². The number of fused-ring (bicyclic) bond motifs is 1. The number of anilines is 1. The van der Waals surface area contributed by atoms with Crippen LogP contribution in [0.25, 0.3) is 17.0 Å². The maximum atomic E-state index is 5.66. The number of rotatable bonds is 1. The number of hydrogen-bond donors (Lipinski definition) is 1. The molecule has 3 aromatic rings. The van der Waals surface area contributed by atoms with Crippen LogP contribution in [0.2, 0.25) is 0 Å². The normalized spacial score (nSPS) is 10.9. The third-order valence-electron chi connectivity index (χ3n) is 2.54. The summed E-state index contributed by atoms with van der Waals surface area (Å²) in [5.41, 5.74) is 8.21. The minimum atomic E-state index is 0.741. The molecule has 0 amide bonds. The van der Waals surface area contributed by atoms with Crippen LogP contribution in [0, 0.1) is 0 Å². The first-order valence-electron chi connectivity index (χ1n) is 5.10. The van der Waals surface area contributed by atoms with Crippen molar-refractivity contribution in [2.45, 2.75) is 0 Å². The Morgan fingerprint density at radius 3 is 2.59 bits per heavy atom. The van der Waals surface area contributed by atoms with Crippen LogP contribution >= 0.6 is 15.9 Å².